The summed E-state index contributed by atoms with van der Waals surface area (Å²) in [5.41, 5.74) is -0.903. The fourth-order valence-electron chi connectivity index (χ4n) is 3.07. The summed E-state index contributed by atoms with van der Waals surface area (Å²) in [7, 11) is -1.65. The van der Waals surface area contributed by atoms with Crippen molar-refractivity contribution in [3.8, 4) is 0 Å². The van der Waals surface area contributed by atoms with Crippen molar-refractivity contribution in [3.63, 3.8) is 0 Å². The number of H-pyrrole nitrogens is 1. The maximum Gasteiger partial charge on any atom is 0.330 e. The van der Waals surface area contributed by atoms with E-state index in [1.165, 1.54) is 4.57 Å². The molecule has 2 heterocycles. The van der Waals surface area contributed by atoms with Gasteiger partial charge in [-0.25, -0.2) is 4.79 Å². The zero-order chi connectivity index (χ0) is 17.6. The molecule has 1 aliphatic heterocycles. The molecule has 23 heavy (non-hydrogen) atoms. The number of hydrogen-bond acceptors (Lipinski definition) is 5. The van der Waals surface area contributed by atoms with Gasteiger partial charge >= 0.3 is 5.69 Å². The van der Waals surface area contributed by atoms with Crippen LogP contribution in [0, 0.1) is 0 Å². The molecule has 3 atom stereocenters. The topological polar surface area (TPSA) is 105 Å². The molecule has 2 rings (SSSR count). The summed E-state index contributed by atoms with van der Waals surface area (Å²) < 4.78 is 7.37. The molecule has 1 fully saturated rings. The number of aliphatic hydroxyl groups is 2. The first-order valence-electron chi connectivity index (χ1n) is 7.86. The van der Waals surface area contributed by atoms with Gasteiger partial charge in [0.15, 0.2) is 0 Å². The number of aliphatic hydroxyl groups excluding tert-OH is 2. The number of hydrogen-bond donors (Lipinski definition) is 3. The Balaban J connectivity index is 2.67. The first kappa shape index (κ1) is 18.1. The minimum Gasteiger partial charge on any atom is -0.394 e. The Kier molecular flexibility index (Phi) is 4.73. The predicted molar refractivity (Wildman–Crippen MR) is 89.5 cm³/mol. The number of rotatable bonds is 3. The molecular formula is C15H26N2O5Si. The largest absolute Gasteiger partial charge is 0.394 e. The van der Waals surface area contributed by atoms with Crippen molar-refractivity contribution in [3.05, 3.63) is 32.6 Å². The number of nitrogens with zero attached hydrogens (tertiary/aromatic N) is 1. The van der Waals surface area contributed by atoms with Crippen LogP contribution in [0.25, 0.3) is 0 Å². The van der Waals surface area contributed by atoms with Crippen molar-refractivity contribution in [1.29, 1.82) is 0 Å². The summed E-state index contributed by atoms with van der Waals surface area (Å²) in [6.45, 7) is 9.40. The molecule has 1 aromatic heterocycles. The van der Waals surface area contributed by atoms with Gasteiger partial charge in [-0.15, -0.1) is 0 Å². The van der Waals surface area contributed by atoms with E-state index < -0.39 is 43.0 Å². The van der Waals surface area contributed by atoms with E-state index in [4.69, 9.17) is 4.74 Å². The second-order valence-electron chi connectivity index (χ2n) is 7.53. The van der Waals surface area contributed by atoms with E-state index in [-0.39, 0.29) is 13.0 Å². The SMILES string of the molecule is C[SiH](C)[C@]1(n2cc(C(C)(C)C)c(=O)[nH]c2=O)C[C@H](O)[C@@H](CO)O1. The van der Waals surface area contributed by atoms with Gasteiger partial charge in [0.05, 0.1) is 21.5 Å². The Bertz CT molecular complexity index is 690. The molecule has 1 aromatic rings. The first-order valence-corrected chi connectivity index (χ1v) is 10.8. The lowest BCUT2D eigenvalue weighted by molar-refractivity contribution is -0.0735. The number of aromatic nitrogens is 2. The zero-order valence-electron chi connectivity index (χ0n) is 14.3. The molecule has 7 nitrogen and oxygen atoms in total. The Morgan fingerprint density at radius 1 is 1.43 bits per heavy atom. The second kappa shape index (κ2) is 6.01. The van der Waals surface area contributed by atoms with E-state index >= 15 is 0 Å². The number of nitrogens with one attached hydrogen (secondary N) is 1. The highest BCUT2D eigenvalue weighted by Gasteiger charge is 2.50. The van der Waals surface area contributed by atoms with Crippen LogP contribution in [0.5, 0.6) is 0 Å². The second-order valence-corrected chi connectivity index (χ2v) is 10.7. The smallest absolute Gasteiger partial charge is 0.330 e. The maximum atomic E-state index is 12.4. The van der Waals surface area contributed by atoms with E-state index in [0.29, 0.717) is 5.56 Å². The third-order valence-electron chi connectivity index (χ3n) is 4.53. The third-order valence-corrected chi connectivity index (χ3v) is 6.98. The van der Waals surface area contributed by atoms with Crippen LogP contribution < -0.4 is 11.2 Å². The van der Waals surface area contributed by atoms with Gasteiger partial charge < -0.3 is 14.9 Å². The van der Waals surface area contributed by atoms with E-state index in [9.17, 15) is 19.8 Å². The van der Waals surface area contributed by atoms with Gasteiger partial charge in [-0.05, 0) is 5.41 Å². The Morgan fingerprint density at radius 2 is 2.04 bits per heavy atom. The summed E-state index contributed by atoms with van der Waals surface area (Å²) in [6.07, 6.45) is 0.229. The normalized spacial score (nSPS) is 28.5. The van der Waals surface area contributed by atoms with Gasteiger partial charge in [0.2, 0.25) is 0 Å². The highest BCUT2D eigenvalue weighted by Crippen LogP contribution is 2.37. The molecule has 0 bridgehead atoms. The van der Waals surface area contributed by atoms with Gasteiger partial charge in [-0.1, -0.05) is 33.9 Å². The average molecular weight is 342 g/mol. The van der Waals surface area contributed by atoms with Crippen LogP contribution in [0.2, 0.25) is 13.1 Å². The summed E-state index contributed by atoms with van der Waals surface area (Å²) in [4.78, 5) is 26.9. The van der Waals surface area contributed by atoms with Crippen molar-refractivity contribution in [1.82, 2.24) is 9.55 Å². The van der Waals surface area contributed by atoms with Crippen molar-refractivity contribution < 1.29 is 14.9 Å². The standard InChI is InChI=1S/C15H26N2O5Si/c1-14(2,3)9-7-17(13(21)16-12(9)20)15(23(4)5)6-10(19)11(8-18)22-15/h7,10-11,18-19,23H,6,8H2,1-5H3,(H,16,20,21)/t10-,11+,15-/m0/s1. The molecule has 0 unspecified atom stereocenters. The van der Waals surface area contributed by atoms with Crippen LogP contribution >= 0.6 is 0 Å². The monoisotopic (exact) mass is 342 g/mol. The molecule has 130 valence electrons. The molecule has 1 saturated heterocycles. The summed E-state index contributed by atoms with van der Waals surface area (Å²) >= 11 is 0. The molecule has 0 aliphatic carbocycles. The fraction of sp³-hybridized carbons (Fsp3) is 0.733. The highest BCUT2D eigenvalue weighted by atomic mass is 28.3. The van der Waals surface area contributed by atoms with E-state index in [0.717, 1.165) is 0 Å². The highest BCUT2D eigenvalue weighted by molar-refractivity contribution is 6.58. The van der Waals surface area contributed by atoms with Crippen LogP contribution in [0.4, 0.5) is 0 Å². The molecule has 1 aliphatic rings. The Morgan fingerprint density at radius 3 is 2.48 bits per heavy atom. The Labute approximate surface area is 136 Å². The summed E-state index contributed by atoms with van der Waals surface area (Å²) in [5, 5.41) is 18.6. The van der Waals surface area contributed by atoms with Gasteiger partial charge in [0.1, 0.15) is 11.5 Å². The van der Waals surface area contributed by atoms with Crippen LogP contribution in [0.15, 0.2) is 15.8 Å². The third kappa shape index (κ3) is 3.08. The first-order chi connectivity index (χ1) is 10.5. The van der Waals surface area contributed by atoms with E-state index in [1.807, 2.05) is 33.9 Å². The van der Waals surface area contributed by atoms with Crippen molar-refractivity contribution in [2.45, 2.75) is 63.3 Å². The van der Waals surface area contributed by atoms with Gasteiger partial charge in [0.25, 0.3) is 5.56 Å². The molecule has 0 spiro atoms. The quantitative estimate of drug-likeness (QED) is 0.652. The number of aromatic amines is 1. The predicted octanol–water partition coefficient (Wildman–Crippen LogP) is -0.345. The zero-order valence-corrected chi connectivity index (χ0v) is 15.4. The van der Waals surface area contributed by atoms with Crippen LogP contribution in [-0.4, -0.2) is 47.4 Å². The lowest BCUT2D eigenvalue weighted by atomic mass is 9.89. The van der Waals surface area contributed by atoms with Crippen LogP contribution in [0.3, 0.4) is 0 Å². The lowest BCUT2D eigenvalue weighted by Gasteiger charge is -2.35. The van der Waals surface area contributed by atoms with E-state index in [2.05, 4.69) is 4.98 Å². The lowest BCUT2D eigenvalue weighted by Crippen LogP contribution is -2.53. The minimum absolute atomic E-state index is 0.234. The van der Waals surface area contributed by atoms with Crippen molar-refractivity contribution in [2.75, 3.05) is 6.61 Å². The van der Waals surface area contributed by atoms with Crippen molar-refractivity contribution in [2.24, 2.45) is 0 Å². The van der Waals surface area contributed by atoms with Gasteiger partial charge in [-0.3, -0.25) is 14.3 Å². The minimum atomic E-state index is -1.65. The molecule has 0 aromatic carbocycles. The van der Waals surface area contributed by atoms with Crippen LogP contribution in [0.1, 0.15) is 32.8 Å². The molecule has 3 N–H and O–H groups in total. The van der Waals surface area contributed by atoms with Gasteiger partial charge in [0, 0.05) is 18.2 Å². The van der Waals surface area contributed by atoms with E-state index in [1.54, 1.807) is 6.20 Å². The molecule has 0 saturated carbocycles. The maximum absolute atomic E-state index is 12.4. The van der Waals surface area contributed by atoms with Crippen LogP contribution in [-0.2, 0) is 15.5 Å². The summed E-state index contributed by atoms with van der Waals surface area (Å²) in [6, 6.07) is 0. The number of ether oxygens (including phenoxy) is 1. The van der Waals surface area contributed by atoms with Crippen molar-refractivity contribution >= 4 is 8.80 Å². The van der Waals surface area contributed by atoms with Gasteiger partial charge in [-0.2, -0.15) is 0 Å². The molecule has 0 radical (unpaired) electrons. The molecular weight excluding hydrogens is 316 g/mol. The molecule has 8 heteroatoms. The fourth-order valence-corrected chi connectivity index (χ4v) is 4.98. The summed E-state index contributed by atoms with van der Waals surface area (Å²) in [5.74, 6) is 0. The molecule has 0 amide bonds. The average Bonchev–Trinajstić information content (AvgIpc) is 2.75. The Hall–Kier alpha value is -1.22.